The fourth-order valence-electron chi connectivity index (χ4n) is 5.55. The van der Waals surface area contributed by atoms with Crippen LogP contribution in [0.2, 0.25) is 0 Å². The second kappa shape index (κ2) is 9.51. The molecule has 2 saturated heterocycles. The third kappa shape index (κ3) is 4.40. The van der Waals surface area contributed by atoms with Crippen LogP contribution in [-0.2, 0) is 0 Å². The molecular formula is C27H28FN5O2. The van der Waals surface area contributed by atoms with Crippen LogP contribution in [0.4, 0.5) is 10.1 Å². The van der Waals surface area contributed by atoms with Crippen LogP contribution in [0.15, 0.2) is 47.3 Å². The number of nitriles is 1. The van der Waals surface area contributed by atoms with Crippen LogP contribution < -0.4 is 15.8 Å². The van der Waals surface area contributed by atoms with E-state index >= 15 is 0 Å². The van der Waals surface area contributed by atoms with E-state index in [0.717, 1.165) is 56.8 Å². The van der Waals surface area contributed by atoms with Gasteiger partial charge in [-0.25, -0.2) is 4.39 Å². The van der Waals surface area contributed by atoms with Gasteiger partial charge < -0.3 is 15.2 Å². The third-order valence-electron chi connectivity index (χ3n) is 7.43. The van der Waals surface area contributed by atoms with Crippen LogP contribution in [-0.4, -0.2) is 55.1 Å². The van der Waals surface area contributed by atoms with Gasteiger partial charge in [0.25, 0.3) is 11.5 Å². The Hall–Kier alpha value is -3.70. The first kappa shape index (κ1) is 23.1. The van der Waals surface area contributed by atoms with Crippen molar-refractivity contribution in [3.63, 3.8) is 0 Å². The molecular weight excluding hydrogens is 445 g/mol. The monoisotopic (exact) mass is 473 g/mol. The zero-order chi connectivity index (χ0) is 24.5. The minimum atomic E-state index is -0.488. The average Bonchev–Trinajstić information content (AvgIpc) is 3.38. The molecule has 5 rings (SSSR count). The Morgan fingerprint density at radius 2 is 1.94 bits per heavy atom. The average molecular weight is 474 g/mol. The lowest BCUT2D eigenvalue weighted by atomic mass is 10.00. The zero-order valence-electron chi connectivity index (χ0n) is 19.7. The lowest BCUT2D eigenvalue weighted by molar-refractivity contribution is 0.0963. The van der Waals surface area contributed by atoms with Gasteiger partial charge in [-0.15, -0.1) is 0 Å². The normalized spacial score (nSPS) is 19.1. The summed E-state index contributed by atoms with van der Waals surface area (Å²) in [6.07, 6.45) is 2.92. The number of fused-ring (bicyclic) bond motifs is 1. The quantitative estimate of drug-likeness (QED) is 0.606. The molecule has 180 valence electrons. The van der Waals surface area contributed by atoms with Crippen LogP contribution in [0.1, 0.15) is 46.8 Å². The molecule has 1 aromatic heterocycles. The summed E-state index contributed by atoms with van der Waals surface area (Å²) in [6, 6.07) is 14.6. The van der Waals surface area contributed by atoms with Crippen LogP contribution >= 0.6 is 0 Å². The van der Waals surface area contributed by atoms with Gasteiger partial charge in [-0.3, -0.25) is 14.5 Å². The summed E-state index contributed by atoms with van der Waals surface area (Å²) in [5, 5.41) is 13.0. The molecule has 1 amide bonds. The summed E-state index contributed by atoms with van der Waals surface area (Å²) in [5.74, 6) is -0.470. The number of aromatic nitrogens is 1. The first-order valence-electron chi connectivity index (χ1n) is 12.0. The van der Waals surface area contributed by atoms with Gasteiger partial charge in [0, 0.05) is 49.9 Å². The highest BCUT2D eigenvalue weighted by Crippen LogP contribution is 2.32. The van der Waals surface area contributed by atoms with Crippen molar-refractivity contribution < 1.29 is 9.18 Å². The molecule has 0 radical (unpaired) electrons. The van der Waals surface area contributed by atoms with Crippen molar-refractivity contribution >= 4 is 22.4 Å². The van der Waals surface area contributed by atoms with Crippen LogP contribution in [0, 0.1) is 17.1 Å². The minimum absolute atomic E-state index is 0.124. The fourth-order valence-corrected chi connectivity index (χ4v) is 5.55. The summed E-state index contributed by atoms with van der Waals surface area (Å²) >= 11 is 0. The Kier molecular flexibility index (Phi) is 6.27. The number of carbonyl (C=O) groups excluding carboxylic acids is 1. The van der Waals surface area contributed by atoms with Crippen molar-refractivity contribution in [1.82, 2.24) is 15.2 Å². The van der Waals surface area contributed by atoms with Gasteiger partial charge in [0.2, 0.25) is 0 Å². The predicted octanol–water partition coefficient (Wildman–Crippen LogP) is 3.36. The van der Waals surface area contributed by atoms with Gasteiger partial charge in [0.05, 0.1) is 16.6 Å². The van der Waals surface area contributed by atoms with E-state index in [0.29, 0.717) is 22.6 Å². The molecule has 0 aliphatic carbocycles. The SMILES string of the molecule is CNC(=O)c1ccc(N2CCC(N3CCC(c4cc5cccc(F)c5c(=O)[nH]4)C3)CC2)c(C#N)c1. The second-order valence-electron chi connectivity index (χ2n) is 9.38. The number of rotatable bonds is 4. The van der Waals surface area contributed by atoms with Crippen LogP contribution in [0.3, 0.4) is 0 Å². The van der Waals surface area contributed by atoms with Crippen molar-refractivity contribution in [2.24, 2.45) is 0 Å². The van der Waals surface area contributed by atoms with Crippen LogP contribution in [0.5, 0.6) is 0 Å². The molecule has 1 atom stereocenters. The van der Waals surface area contributed by atoms with E-state index in [2.05, 4.69) is 26.2 Å². The molecule has 2 N–H and O–H groups in total. The topological polar surface area (TPSA) is 92.2 Å². The summed E-state index contributed by atoms with van der Waals surface area (Å²) < 4.78 is 14.1. The van der Waals surface area contributed by atoms with Crippen molar-refractivity contribution in [3.05, 3.63) is 75.5 Å². The number of benzene rings is 2. The van der Waals surface area contributed by atoms with Crippen molar-refractivity contribution in [2.45, 2.75) is 31.2 Å². The number of likely N-dealkylation sites (tertiary alicyclic amines) is 1. The summed E-state index contributed by atoms with van der Waals surface area (Å²) in [4.78, 5) is 32.1. The molecule has 2 aliphatic rings. The van der Waals surface area contributed by atoms with E-state index in [4.69, 9.17) is 0 Å². The summed E-state index contributed by atoms with van der Waals surface area (Å²) in [6.45, 7) is 3.51. The Labute approximate surface area is 203 Å². The highest BCUT2D eigenvalue weighted by molar-refractivity contribution is 5.95. The van der Waals surface area contributed by atoms with Gasteiger partial charge in [-0.2, -0.15) is 5.26 Å². The van der Waals surface area contributed by atoms with E-state index < -0.39 is 5.82 Å². The number of hydrogen-bond donors (Lipinski definition) is 2. The number of hydrogen-bond acceptors (Lipinski definition) is 5. The lowest BCUT2D eigenvalue weighted by Crippen LogP contribution is -2.44. The van der Waals surface area contributed by atoms with E-state index in [-0.39, 0.29) is 22.8 Å². The van der Waals surface area contributed by atoms with E-state index in [9.17, 15) is 19.2 Å². The molecule has 3 aromatic rings. The number of aromatic amines is 1. The molecule has 2 fully saturated rings. The van der Waals surface area contributed by atoms with Gasteiger partial charge in [-0.1, -0.05) is 12.1 Å². The van der Waals surface area contributed by atoms with Gasteiger partial charge in [0.1, 0.15) is 11.9 Å². The standard InChI is InChI=1S/C27H28FN5O2/c1-30-26(34)18-5-6-24(20(13-18)15-29)32-11-8-21(9-12-32)33-10-7-19(16-33)23-14-17-3-2-4-22(28)25(17)27(35)31-23/h2-6,13-14,19,21H,7-12,16H2,1H3,(H,30,34)(H,31,35). The molecule has 8 heteroatoms. The molecule has 7 nitrogen and oxygen atoms in total. The molecule has 2 aromatic carbocycles. The van der Waals surface area contributed by atoms with E-state index in [1.165, 1.54) is 6.07 Å². The first-order chi connectivity index (χ1) is 17.0. The van der Waals surface area contributed by atoms with Gasteiger partial charge >= 0.3 is 0 Å². The maximum absolute atomic E-state index is 14.1. The van der Waals surface area contributed by atoms with Gasteiger partial charge in [0.15, 0.2) is 0 Å². The number of amides is 1. The number of piperidine rings is 1. The Balaban J connectivity index is 1.25. The predicted molar refractivity (Wildman–Crippen MR) is 133 cm³/mol. The molecule has 0 saturated carbocycles. The maximum Gasteiger partial charge on any atom is 0.259 e. The zero-order valence-corrected chi connectivity index (χ0v) is 19.7. The number of carbonyl (C=O) groups is 1. The number of anilines is 1. The molecule has 3 heterocycles. The molecule has 35 heavy (non-hydrogen) atoms. The maximum atomic E-state index is 14.1. The molecule has 0 spiro atoms. The molecule has 0 bridgehead atoms. The van der Waals surface area contributed by atoms with Gasteiger partial charge in [-0.05, 0) is 61.5 Å². The van der Waals surface area contributed by atoms with Crippen LogP contribution in [0.25, 0.3) is 10.8 Å². The van der Waals surface area contributed by atoms with E-state index in [1.54, 1.807) is 31.3 Å². The number of pyridine rings is 1. The Morgan fingerprint density at radius 1 is 1.14 bits per heavy atom. The fraction of sp³-hybridized carbons (Fsp3) is 0.370. The second-order valence-corrected chi connectivity index (χ2v) is 9.38. The third-order valence-corrected chi connectivity index (χ3v) is 7.43. The highest BCUT2D eigenvalue weighted by atomic mass is 19.1. The smallest absolute Gasteiger partial charge is 0.259 e. The minimum Gasteiger partial charge on any atom is -0.370 e. The molecule has 1 unspecified atom stereocenters. The van der Waals surface area contributed by atoms with Crippen molar-refractivity contribution in [3.8, 4) is 6.07 Å². The number of H-pyrrole nitrogens is 1. The van der Waals surface area contributed by atoms with Crippen molar-refractivity contribution in [2.75, 3.05) is 38.1 Å². The van der Waals surface area contributed by atoms with Crippen molar-refractivity contribution in [1.29, 1.82) is 5.26 Å². The first-order valence-corrected chi connectivity index (χ1v) is 12.0. The van der Waals surface area contributed by atoms with E-state index in [1.807, 2.05) is 12.1 Å². The molecule has 2 aliphatic heterocycles. The highest BCUT2D eigenvalue weighted by Gasteiger charge is 2.32. The number of nitrogens with one attached hydrogen (secondary N) is 2. The summed E-state index contributed by atoms with van der Waals surface area (Å²) in [5.41, 5.74) is 2.39. The lowest BCUT2D eigenvalue weighted by Gasteiger charge is -2.38. The Bertz CT molecular complexity index is 1370. The number of nitrogens with zero attached hydrogens (tertiary/aromatic N) is 3. The Morgan fingerprint density at radius 3 is 2.69 bits per heavy atom. The number of halogens is 1. The largest absolute Gasteiger partial charge is 0.370 e. The summed E-state index contributed by atoms with van der Waals surface area (Å²) in [7, 11) is 1.58.